The predicted octanol–water partition coefficient (Wildman–Crippen LogP) is 2.55. The first-order chi connectivity index (χ1) is 8.82. The topological polar surface area (TPSA) is 66.8 Å². The molecule has 0 aromatic heterocycles. The first-order valence-corrected chi connectivity index (χ1v) is 6.13. The van der Waals surface area contributed by atoms with Crippen LogP contribution >= 0.6 is 23.2 Å². The molecule has 19 heavy (non-hydrogen) atoms. The van der Waals surface area contributed by atoms with Crippen LogP contribution in [0.5, 0.6) is 5.75 Å². The molecule has 0 aliphatic heterocycles. The highest BCUT2D eigenvalue weighted by Crippen LogP contribution is 2.32. The molecule has 0 radical (unpaired) electrons. The number of benzene rings is 1. The molecule has 1 aromatic carbocycles. The van der Waals surface area contributed by atoms with E-state index in [1.807, 2.05) is 0 Å². The molecule has 0 saturated heterocycles. The summed E-state index contributed by atoms with van der Waals surface area (Å²) in [6.07, 6.45) is 0.130. The number of carbonyl (C=O) groups excluding carboxylic acids is 1. The summed E-state index contributed by atoms with van der Waals surface area (Å²) in [7, 11) is 3.25. The number of rotatable bonds is 5. The summed E-state index contributed by atoms with van der Waals surface area (Å²) >= 11 is 11.6. The van der Waals surface area contributed by atoms with Crippen molar-refractivity contribution in [1.29, 1.82) is 0 Å². The maximum Gasteiger partial charge on any atom is 0.339 e. The van der Waals surface area contributed by atoms with Crippen LogP contribution in [0, 0.1) is 0 Å². The number of amides is 1. The third kappa shape index (κ3) is 4.29. The zero-order valence-electron chi connectivity index (χ0n) is 10.4. The second kappa shape index (κ2) is 6.63. The highest BCUT2D eigenvalue weighted by Gasteiger charge is 2.17. The summed E-state index contributed by atoms with van der Waals surface area (Å²) in [5.74, 6) is -1.30. The monoisotopic (exact) mass is 305 g/mol. The van der Waals surface area contributed by atoms with E-state index in [1.165, 1.54) is 17.0 Å². The number of nitrogens with zero attached hydrogens (tertiary/aromatic N) is 1. The van der Waals surface area contributed by atoms with Crippen LogP contribution in [0.2, 0.25) is 10.0 Å². The molecule has 0 fully saturated rings. The summed E-state index contributed by atoms with van der Waals surface area (Å²) < 4.78 is 5.29. The molecule has 0 saturated carbocycles. The fourth-order valence-corrected chi connectivity index (χ4v) is 1.88. The lowest BCUT2D eigenvalue weighted by atomic mass is 10.2. The molecule has 1 amide bonds. The molecule has 0 bridgehead atoms. The van der Waals surface area contributed by atoms with Gasteiger partial charge >= 0.3 is 5.97 Å². The molecular formula is C12H13Cl2NO4. The molecular weight excluding hydrogens is 293 g/mol. The Hall–Kier alpha value is -1.46. The lowest BCUT2D eigenvalue weighted by Crippen LogP contribution is -2.23. The Bertz CT molecular complexity index is 503. The van der Waals surface area contributed by atoms with Crippen molar-refractivity contribution in [3.8, 4) is 5.75 Å². The number of halogens is 2. The van der Waals surface area contributed by atoms with Crippen molar-refractivity contribution < 1.29 is 19.4 Å². The van der Waals surface area contributed by atoms with Crippen molar-refractivity contribution in [2.24, 2.45) is 0 Å². The van der Waals surface area contributed by atoms with Crippen LogP contribution in [0.3, 0.4) is 0 Å². The summed E-state index contributed by atoms with van der Waals surface area (Å²) in [5, 5.41) is 9.35. The molecule has 104 valence electrons. The van der Waals surface area contributed by atoms with Gasteiger partial charge < -0.3 is 14.7 Å². The minimum atomic E-state index is -1.20. The van der Waals surface area contributed by atoms with Crippen molar-refractivity contribution in [2.75, 3.05) is 20.7 Å². The molecule has 0 unspecified atom stereocenters. The number of ether oxygens (including phenoxy) is 1. The highest BCUT2D eigenvalue weighted by molar-refractivity contribution is 6.36. The van der Waals surface area contributed by atoms with Gasteiger partial charge in [0.05, 0.1) is 18.1 Å². The summed E-state index contributed by atoms with van der Waals surface area (Å²) in [4.78, 5) is 23.8. The standard InChI is InChI=1S/C12H13Cl2NO4/c1-15(2)10(16)3-4-19-11-8(12(17)18)5-7(13)6-9(11)14/h5-6H,3-4H2,1-2H3,(H,17,18). The number of carboxylic acid groups (broad SMARTS) is 1. The molecule has 0 aliphatic rings. The third-order valence-electron chi connectivity index (χ3n) is 2.30. The number of aromatic carboxylic acids is 1. The summed E-state index contributed by atoms with van der Waals surface area (Å²) in [6, 6.07) is 2.64. The van der Waals surface area contributed by atoms with Crippen LogP contribution in [0.1, 0.15) is 16.8 Å². The Morgan fingerprint density at radius 2 is 1.95 bits per heavy atom. The van der Waals surface area contributed by atoms with Gasteiger partial charge in [0.2, 0.25) is 5.91 Å². The Balaban J connectivity index is 2.83. The quantitative estimate of drug-likeness (QED) is 0.908. The van der Waals surface area contributed by atoms with E-state index in [-0.39, 0.29) is 40.3 Å². The van der Waals surface area contributed by atoms with Crippen molar-refractivity contribution >= 4 is 35.1 Å². The zero-order chi connectivity index (χ0) is 14.6. The van der Waals surface area contributed by atoms with E-state index < -0.39 is 5.97 Å². The van der Waals surface area contributed by atoms with E-state index >= 15 is 0 Å². The van der Waals surface area contributed by atoms with Gasteiger partial charge in [-0.1, -0.05) is 23.2 Å². The SMILES string of the molecule is CN(C)C(=O)CCOc1c(Cl)cc(Cl)cc1C(=O)O. The van der Waals surface area contributed by atoms with Crippen LogP contribution in [-0.4, -0.2) is 42.6 Å². The van der Waals surface area contributed by atoms with Crippen molar-refractivity contribution in [2.45, 2.75) is 6.42 Å². The summed E-state index contributed by atoms with van der Waals surface area (Å²) in [5.41, 5.74) is -0.130. The molecule has 1 N–H and O–H groups in total. The van der Waals surface area contributed by atoms with E-state index in [1.54, 1.807) is 14.1 Å². The first-order valence-electron chi connectivity index (χ1n) is 5.38. The normalized spacial score (nSPS) is 10.1. The van der Waals surface area contributed by atoms with Crippen molar-refractivity contribution in [1.82, 2.24) is 4.90 Å². The number of carbonyl (C=O) groups is 2. The van der Waals surface area contributed by atoms with E-state index in [0.717, 1.165) is 0 Å². The number of hydrogen-bond acceptors (Lipinski definition) is 3. The first kappa shape index (κ1) is 15.6. The van der Waals surface area contributed by atoms with Crippen LogP contribution in [0.15, 0.2) is 12.1 Å². The molecule has 7 heteroatoms. The van der Waals surface area contributed by atoms with Crippen LogP contribution in [0.4, 0.5) is 0 Å². The zero-order valence-corrected chi connectivity index (χ0v) is 12.0. The van der Waals surface area contributed by atoms with Gasteiger partial charge in [0.15, 0.2) is 5.75 Å². The van der Waals surface area contributed by atoms with Crippen LogP contribution in [0.25, 0.3) is 0 Å². The lowest BCUT2D eigenvalue weighted by Gasteiger charge is -2.13. The van der Waals surface area contributed by atoms with Gasteiger partial charge in [-0.25, -0.2) is 4.79 Å². The molecule has 0 heterocycles. The van der Waals surface area contributed by atoms with Crippen molar-refractivity contribution in [3.63, 3.8) is 0 Å². The minimum absolute atomic E-state index is 0.0186. The van der Waals surface area contributed by atoms with Gasteiger partial charge in [-0.3, -0.25) is 4.79 Å². The largest absolute Gasteiger partial charge is 0.491 e. The molecule has 5 nitrogen and oxygen atoms in total. The van der Waals surface area contributed by atoms with Crippen molar-refractivity contribution in [3.05, 3.63) is 27.7 Å². The average Bonchev–Trinajstić information content (AvgIpc) is 2.30. The average molecular weight is 306 g/mol. The van der Waals surface area contributed by atoms with Crippen LogP contribution in [-0.2, 0) is 4.79 Å². The van der Waals surface area contributed by atoms with Gasteiger partial charge in [-0.15, -0.1) is 0 Å². The molecule has 1 aromatic rings. The van der Waals surface area contributed by atoms with E-state index in [4.69, 9.17) is 33.0 Å². The third-order valence-corrected chi connectivity index (χ3v) is 2.80. The van der Waals surface area contributed by atoms with Crippen LogP contribution < -0.4 is 4.74 Å². The van der Waals surface area contributed by atoms with E-state index in [2.05, 4.69) is 0 Å². The Morgan fingerprint density at radius 3 is 2.47 bits per heavy atom. The van der Waals surface area contributed by atoms with E-state index in [9.17, 15) is 9.59 Å². The summed E-state index contributed by atoms with van der Waals surface area (Å²) in [6.45, 7) is 0.0403. The van der Waals surface area contributed by atoms with Gasteiger partial charge in [0, 0.05) is 19.1 Å². The second-order valence-corrected chi connectivity index (χ2v) is 4.80. The highest BCUT2D eigenvalue weighted by atomic mass is 35.5. The maximum atomic E-state index is 11.4. The van der Waals surface area contributed by atoms with Gasteiger partial charge in [-0.05, 0) is 12.1 Å². The molecule has 0 atom stereocenters. The second-order valence-electron chi connectivity index (χ2n) is 3.96. The molecule has 0 aliphatic carbocycles. The Labute approximate surface area is 120 Å². The maximum absolute atomic E-state index is 11.4. The Kier molecular flexibility index (Phi) is 5.44. The number of hydrogen-bond donors (Lipinski definition) is 1. The molecule has 0 spiro atoms. The number of carboxylic acids is 1. The van der Waals surface area contributed by atoms with Gasteiger partial charge in [-0.2, -0.15) is 0 Å². The molecule has 1 rings (SSSR count). The van der Waals surface area contributed by atoms with Gasteiger partial charge in [0.1, 0.15) is 5.56 Å². The van der Waals surface area contributed by atoms with E-state index in [0.29, 0.717) is 0 Å². The predicted molar refractivity (Wildman–Crippen MR) is 72.2 cm³/mol. The fraction of sp³-hybridized carbons (Fsp3) is 0.333. The lowest BCUT2D eigenvalue weighted by molar-refractivity contribution is -0.129. The minimum Gasteiger partial charge on any atom is -0.491 e. The fourth-order valence-electron chi connectivity index (χ4n) is 1.33. The Morgan fingerprint density at radius 1 is 1.32 bits per heavy atom. The van der Waals surface area contributed by atoms with Gasteiger partial charge in [0.25, 0.3) is 0 Å². The smallest absolute Gasteiger partial charge is 0.339 e.